The van der Waals surface area contributed by atoms with E-state index in [2.05, 4.69) is 15.0 Å². The molecule has 0 aromatic carbocycles. The molecule has 1 rings (SSSR count). The summed E-state index contributed by atoms with van der Waals surface area (Å²) in [6.07, 6.45) is 2.93. The van der Waals surface area contributed by atoms with Crippen molar-refractivity contribution in [3.8, 4) is 0 Å². The Bertz CT molecular complexity index is 279. The normalized spacial score (nSPS) is 8.50. The minimum atomic E-state index is 0.353. The summed E-state index contributed by atoms with van der Waals surface area (Å²) in [7, 11) is 0. The molecule has 0 spiro atoms. The molecular formula is C5H3ClN4. The Kier molecular flexibility index (Phi) is 2.10. The molecule has 5 heteroatoms. The number of pyridine rings is 1. The first-order chi connectivity index (χ1) is 4.84. The molecule has 0 atom stereocenters. The Hall–Kier alpha value is -1.25. The first-order valence-electron chi connectivity index (χ1n) is 2.49. The summed E-state index contributed by atoms with van der Waals surface area (Å²) in [5.41, 5.74) is 8.37. The van der Waals surface area contributed by atoms with Gasteiger partial charge in [-0.3, -0.25) is 4.98 Å². The minimum Gasteiger partial charge on any atom is -0.264 e. The van der Waals surface area contributed by atoms with Crippen molar-refractivity contribution in [2.75, 3.05) is 0 Å². The summed E-state index contributed by atoms with van der Waals surface area (Å²) in [6.45, 7) is 0. The van der Waals surface area contributed by atoms with Crippen molar-refractivity contribution in [2.45, 2.75) is 0 Å². The molecule has 0 amide bonds. The second-order valence-corrected chi connectivity index (χ2v) is 1.92. The highest BCUT2D eigenvalue weighted by Crippen LogP contribution is 2.21. The van der Waals surface area contributed by atoms with Crippen LogP contribution < -0.4 is 0 Å². The number of rotatable bonds is 1. The highest BCUT2D eigenvalue weighted by atomic mass is 35.5. The maximum atomic E-state index is 8.02. The van der Waals surface area contributed by atoms with E-state index in [0.29, 0.717) is 10.7 Å². The average molecular weight is 155 g/mol. The monoisotopic (exact) mass is 154 g/mol. The van der Waals surface area contributed by atoms with Gasteiger partial charge in [-0.1, -0.05) is 16.7 Å². The third-order valence-electron chi connectivity index (χ3n) is 0.901. The third kappa shape index (κ3) is 1.37. The maximum absolute atomic E-state index is 8.02. The Morgan fingerprint density at radius 3 is 3.10 bits per heavy atom. The largest absolute Gasteiger partial charge is 0.264 e. The Balaban J connectivity index is 3.14. The van der Waals surface area contributed by atoms with Crippen molar-refractivity contribution >= 4 is 17.3 Å². The summed E-state index contributed by atoms with van der Waals surface area (Å²) in [6, 6.07) is 1.56. The number of azide groups is 1. The van der Waals surface area contributed by atoms with Crippen molar-refractivity contribution in [3.63, 3.8) is 0 Å². The molecule has 0 aliphatic rings. The van der Waals surface area contributed by atoms with E-state index in [1.165, 1.54) is 12.4 Å². The van der Waals surface area contributed by atoms with Crippen molar-refractivity contribution in [2.24, 2.45) is 5.11 Å². The van der Waals surface area contributed by atoms with Gasteiger partial charge in [-0.05, 0) is 11.6 Å². The van der Waals surface area contributed by atoms with Crippen LogP contribution in [-0.2, 0) is 0 Å². The lowest BCUT2D eigenvalue weighted by atomic mass is 10.4. The van der Waals surface area contributed by atoms with E-state index >= 15 is 0 Å². The molecule has 0 saturated carbocycles. The molecule has 0 aliphatic carbocycles. The van der Waals surface area contributed by atoms with Crippen LogP contribution in [0.15, 0.2) is 23.6 Å². The standard InChI is InChI=1S/C5H3ClN4/c6-4-1-2-8-3-5(4)9-10-7/h1-3H. The third-order valence-corrected chi connectivity index (χ3v) is 1.22. The summed E-state index contributed by atoms with van der Waals surface area (Å²) in [5, 5.41) is 3.70. The van der Waals surface area contributed by atoms with Crippen LogP contribution in [0.2, 0.25) is 5.02 Å². The van der Waals surface area contributed by atoms with E-state index in [1.807, 2.05) is 0 Å². The van der Waals surface area contributed by atoms with E-state index in [9.17, 15) is 0 Å². The first kappa shape index (κ1) is 6.86. The van der Waals surface area contributed by atoms with Crippen LogP contribution >= 0.6 is 11.6 Å². The molecule has 0 saturated heterocycles. The number of aromatic nitrogens is 1. The molecular weight excluding hydrogens is 152 g/mol. The predicted molar refractivity (Wildman–Crippen MR) is 38.1 cm³/mol. The summed E-state index contributed by atoms with van der Waals surface area (Å²) >= 11 is 5.60. The fraction of sp³-hybridized carbons (Fsp3) is 0. The molecule has 0 unspecified atom stereocenters. The van der Waals surface area contributed by atoms with Gasteiger partial charge < -0.3 is 0 Å². The lowest BCUT2D eigenvalue weighted by Gasteiger charge is -1.90. The molecule has 0 fully saturated rings. The van der Waals surface area contributed by atoms with Gasteiger partial charge in [0.15, 0.2) is 0 Å². The van der Waals surface area contributed by atoms with Gasteiger partial charge in [-0.15, -0.1) is 0 Å². The summed E-state index contributed by atoms with van der Waals surface area (Å²) in [4.78, 5) is 6.28. The summed E-state index contributed by atoms with van der Waals surface area (Å²) in [5.74, 6) is 0. The number of nitrogens with zero attached hydrogens (tertiary/aromatic N) is 4. The summed E-state index contributed by atoms with van der Waals surface area (Å²) < 4.78 is 0. The molecule has 0 aliphatic heterocycles. The fourth-order valence-electron chi connectivity index (χ4n) is 0.491. The van der Waals surface area contributed by atoms with Gasteiger partial charge in [0.25, 0.3) is 0 Å². The van der Waals surface area contributed by atoms with Crippen LogP contribution in [0.4, 0.5) is 5.69 Å². The SMILES string of the molecule is [N-]=[N+]=Nc1cnccc1Cl. The molecule has 10 heavy (non-hydrogen) atoms. The fourth-order valence-corrected chi connectivity index (χ4v) is 0.634. The molecule has 1 aromatic heterocycles. The molecule has 0 bridgehead atoms. The van der Waals surface area contributed by atoms with Gasteiger partial charge >= 0.3 is 0 Å². The quantitative estimate of drug-likeness (QED) is 0.349. The highest BCUT2D eigenvalue weighted by molar-refractivity contribution is 6.32. The lowest BCUT2D eigenvalue weighted by Crippen LogP contribution is -1.68. The van der Waals surface area contributed by atoms with Gasteiger partial charge in [-0.25, -0.2) is 0 Å². The van der Waals surface area contributed by atoms with Crippen LogP contribution in [0, 0.1) is 0 Å². The Morgan fingerprint density at radius 2 is 2.50 bits per heavy atom. The minimum absolute atomic E-state index is 0.353. The number of hydrogen-bond donors (Lipinski definition) is 0. The van der Waals surface area contributed by atoms with Crippen LogP contribution in [0.5, 0.6) is 0 Å². The zero-order valence-corrected chi connectivity index (χ0v) is 5.65. The topological polar surface area (TPSA) is 61.7 Å². The van der Waals surface area contributed by atoms with Crippen molar-refractivity contribution in [3.05, 3.63) is 33.9 Å². The van der Waals surface area contributed by atoms with Gasteiger partial charge in [0.2, 0.25) is 0 Å². The lowest BCUT2D eigenvalue weighted by molar-refractivity contribution is 1.30. The van der Waals surface area contributed by atoms with Gasteiger partial charge in [0, 0.05) is 17.3 Å². The maximum Gasteiger partial charge on any atom is 0.0744 e. The van der Waals surface area contributed by atoms with E-state index in [4.69, 9.17) is 17.1 Å². The van der Waals surface area contributed by atoms with Gasteiger partial charge in [-0.2, -0.15) is 0 Å². The average Bonchev–Trinajstić information content (AvgIpc) is 1.94. The molecule has 0 N–H and O–H groups in total. The second kappa shape index (κ2) is 3.06. The Labute approximate surface area is 62.1 Å². The van der Waals surface area contributed by atoms with E-state index < -0.39 is 0 Å². The zero-order chi connectivity index (χ0) is 7.40. The second-order valence-electron chi connectivity index (χ2n) is 1.52. The van der Waals surface area contributed by atoms with Crippen LogP contribution in [0.3, 0.4) is 0 Å². The van der Waals surface area contributed by atoms with Crippen LogP contribution in [0.1, 0.15) is 0 Å². The van der Waals surface area contributed by atoms with Crippen molar-refractivity contribution in [1.82, 2.24) is 4.98 Å². The van der Waals surface area contributed by atoms with Crippen molar-refractivity contribution < 1.29 is 0 Å². The zero-order valence-electron chi connectivity index (χ0n) is 4.90. The van der Waals surface area contributed by atoms with E-state index in [-0.39, 0.29) is 0 Å². The first-order valence-corrected chi connectivity index (χ1v) is 2.87. The van der Waals surface area contributed by atoms with Crippen LogP contribution in [0.25, 0.3) is 10.4 Å². The smallest absolute Gasteiger partial charge is 0.0744 e. The highest BCUT2D eigenvalue weighted by Gasteiger charge is 1.92. The van der Waals surface area contributed by atoms with Crippen molar-refractivity contribution in [1.29, 1.82) is 0 Å². The number of hydrogen-bond acceptors (Lipinski definition) is 2. The molecule has 0 radical (unpaired) electrons. The van der Waals surface area contributed by atoms with E-state index in [1.54, 1.807) is 6.07 Å². The van der Waals surface area contributed by atoms with Crippen LogP contribution in [-0.4, -0.2) is 4.98 Å². The molecule has 50 valence electrons. The molecule has 4 nitrogen and oxygen atoms in total. The molecule has 1 aromatic rings. The molecule has 1 heterocycles. The Morgan fingerprint density at radius 1 is 1.70 bits per heavy atom. The van der Waals surface area contributed by atoms with Gasteiger partial charge in [0.1, 0.15) is 0 Å². The van der Waals surface area contributed by atoms with E-state index in [0.717, 1.165) is 0 Å². The predicted octanol–water partition coefficient (Wildman–Crippen LogP) is 2.68. The van der Waals surface area contributed by atoms with Gasteiger partial charge in [0.05, 0.1) is 10.7 Å². The number of halogens is 1.